The van der Waals surface area contributed by atoms with Crippen LogP contribution in [0, 0.1) is 0 Å². The number of carbonyl (C=O) groups excluding carboxylic acids is 2. The molecule has 2 amide bonds. The molecule has 0 aliphatic carbocycles. The fourth-order valence-corrected chi connectivity index (χ4v) is 4.33. The number of carboxylic acids is 1. The van der Waals surface area contributed by atoms with Crippen molar-refractivity contribution in [1.29, 1.82) is 0 Å². The van der Waals surface area contributed by atoms with Crippen LogP contribution < -0.4 is 5.32 Å². The number of fused-ring (bicyclic) bond motifs is 1. The van der Waals surface area contributed by atoms with E-state index in [1.807, 2.05) is 18.2 Å². The first-order valence-corrected chi connectivity index (χ1v) is 12.0. The van der Waals surface area contributed by atoms with Gasteiger partial charge in [-0.25, -0.2) is 4.79 Å². The van der Waals surface area contributed by atoms with Gasteiger partial charge in [0.25, 0.3) is 11.8 Å². The summed E-state index contributed by atoms with van der Waals surface area (Å²) in [4.78, 5) is 44.2. The second-order valence-electron chi connectivity index (χ2n) is 7.69. The third-order valence-corrected chi connectivity index (χ3v) is 6.29. The minimum absolute atomic E-state index is 0.116. The predicted octanol–water partition coefficient (Wildman–Crippen LogP) is 5.96. The molecule has 0 radical (unpaired) electrons. The highest BCUT2D eigenvalue weighted by Gasteiger charge is 2.38. The Hall–Kier alpha value is -3.61. The Labute approximate surface area is 228 Å². The molecule has 2 N–H and O–H groups in total. The summed E-state index contributed by atoms with van der Waals surface area (Å²) < 4.78 is 31.7. The highest BCUT2D eigenvalue weighted by molar-refractivity contribution is 8.18. The van der Waals surface area contributed by atoms with Gasteiger partial charge in [0.15, 0.2) is 5.17 Å². The van der Waals surface area contributed by atoms with Crippen molar-refractivity contribution in [1.82, 2.24) is 9.88 Å². The van der Waals surface area contributed by atoms with E-state index in [0.717, 1.165) is 5.56 Å². The molecule has 4 rings (SSSR count). The number of amidine groups is 1. The van der Waals surface area contributed by atoms with Crippen LogP contribution in [0.4, 0.5) is 18.9 Å². The Bertz CT molecular complexity index is 1470. The number of benzene rings is 2. The summed E-state index contributed by atoms with van der Waals surface area (Å²) in [5, 5.41) is 12.1. The minimum Gasteiger partial charge on any atom is -0.475 e. The maximum absolute atomic E-state index is 12.5. The lowest BCUT2D eigenvalue weighted by Crippen LogP contribution is -2.21. The van der Waals surface area contributed by atoms with Gasteiger partial charge in [0, 0.05) is 25.7 Å². The van der Waals surface area contributed by atoms with E-state index in [1.165, 1.54) is 16.7 Å². The van der Waals surface area contributed by atoms with Crippen molar-refractivity contribution in [3.63, 3.8) is 0 Å². The van der Waals surface area contributed by atoms with Gasteiger partial charge in [-0.15, -0.1) is 0 Å². The minimum atomic E-state index is -5.08. The molecule has 1 aliphatic rings. The van der Waals surface area contributed by atoms with Crippen molar-refractivity contribution >= 4 is 80.6 Å². The number of halogens is 5. The number of aliphatic imine (C=N–C) groups is 1. The average Bonchev–Trinajstić information content (AvgIpc) is 3.18. The average molecular weight is 585 g/mol. The van der Waals surface area contributed by atoms with Crippen LogP contribution in [0.5, 0.6) is 0 Å². The van der Waals surface area contributed by atoms with E-state index in [1.54, 1.807) is 50.6 Å². The first-order chi connectivity index (χ1) is 17.8. The van der Waals surface area contributed by atoms with Gasteiger partial charge >= 0.3 is 12.1 Å². The molecular formula is C24H17Cl2F3N4O4S. The lowest BCUT2D eigenvalue weighted by molar-refractivity contribution is -0.192. The highest BCUT2D eigenvalue weighted by Crippen LogP contribution is 2.35. The van der Waals surface area contributed by atoms with Crippen LogP contribution >= 0.6 is 35.0 Å². The Morgan fingerprint density at radius 3 is 2.32 bits per heavy atom. The third-order valence-electron chi connectivity index (χ3n) is 4.76. The first kappa shape index (κ1) is 29.0. The van der Waals surface area contributed by atoms with Crippen molar-refractivity contribution < 1.29 is 32.7 Å². The topological polar surface area (TPSA) is 112 Å². The number of para-hydroxylation sites is 1. The molecule has 2 heterocycles. The Morgan fingerprint density at radius 1 is 1.11 bits per heavy atom. The molecular weight excluding hydrogens is 568 g/mol. The molecule has 0 saturated heterocycles. The lowest BCUT2D eigenvalue weighted by Gasteiger charge is -2.12. The standard InChI is InChI=1S/C22H16Cl2N4O2S.C2HF3O2/c1-28(2)21(30)13-8-9-25-17-7-6-12(10-14(13)17)11-18-20(29)27-22(31-18)26-19-15(23)4-3-5-16(19)24;3-2(4,5)1(6)7/h3-11H,1-2H3,(H,26,27,29);(H,6,7)/b18-11-;. The number of nitrogens with zero attached hydrogens (tertiary/aromatic N) is 3. The molecule has 198 valence electrons. The molecule has 3 aromatic rings. The Morgan fingerprint density at radius 2 is 1.74 bits per heavy atom. The number of aromatic nitrogens is 1. The summed E-state index contributed by atoms with van der Waals surface area (Å²) in [6.07, 6.45) is -1.74. The molecule has 0 atom stereocenters. The Kier molecular flexibility index (Phi) is 9.02. The summed E-state index contributed by atoms with van der Waals surface area (Å²) in [6, 6.07) is 12.3. The molecule has 0 saturated carbocycles. The number of pyridine rings is 1. The number of thioether (sulfide) groups is 1. The van der Waals surface area contributed by atoms with E-state index < -0.39 is 12.1 Å². The molecule has 1 aromatic heterocycles. The molecule has 8 nitrogen and oxygen atoms in total. The fourth-order valence-electron chi connectivity index (χ4n) is 3.02. The zero-order valence-electron chi connectivity index (χ0n) is 19.5. The van der Waals surface area contributed by atoms with Gasteiger partial charge in [-0.1, -0.05) is 35.3 Å². The van der Waals surface area contributed by atoms with E-state index in [9.17, 15) is 22.8 Å². The van der Waals surface area contributed by atoms with Crippen molar-refractivity contribution in [3.8, 4) is 0 Å². The number of anilines is 1. The quantitative estimate of drug-likeness (QED) is 0.365. The van der Waals surface area contributed by atoms with Crippen molar-refractivity contribution in [2.45, 2.75) is 6.18 Å². The molecule has 0 unspecified atom stereocenters. The molecule has 0 spiro atoms. The zero-order valence-corrected chi connectivity index (χ0v) is 21.8. The summed E-state index contributed by atoms with van der Waals surface area (Å²) >= 11 is 13.6. The van der Waals surface area contributed by atoms with Crippen LogP contribution in [0.1, 0.15) is 15.9 Å². The van der Waals surface area contributed by atoms with E-state index in [0.29, 0.717) is 42.3 Å². The van der Waals surface area contributed by atoms with Gasteiger partial charge < -0.3 is 15.3 Å². The lowest BCUT2D eigenvalue weighted by atomic mass is 10.0. The van der Waals surface area contributed by atoms with E-state index in [2.05, 4.69) is 15.3 Å². The van der Waals surface area contributed by atoms with Crippen LogP contribution in [0.15, 0.2) is 58.6 Å². The van der Waals surface area contributed by atoms with Gasteiger partial charge in [0.05, 0.1) is 31.7 Å². The molecule has 14 heteroatoms. The SMILES string of the molecule is CN(C)C(=O)c1ccnc2ccc(/C=C3\SC(Nc4c(Cl)cccc4Cl)=NC3=O)cc12.O=C(O)C(F)(F)F. The van der Waals surface area contributed by atoms with E-state index >= 15 is 0 Å². The fraction of sp³-hybridized carbons (Fsp3) is 0.125. The second-order valence-corrected chi connectivity index (χ2v) is 9.54. The summed E-state index contributed by atoms with van der Waals surface area (Å²) in [5.74, 6) is -3.24. The summed E-state index contributed by atoms with van der Waals surface area (Å²) in [6.45, 7) is 0. The number of hydrogen-bond donors (Lipinski definition) is 2. The van der Waals surface area contributed by atoms with Crippen molar-refractivity contribution in [2.24, 2.45) is 4.99 Å². The first-order valence-electron chi connectivity index (χ1n) is 10.4. The third kappa shape index (κ3) is 7.03. The molecule has 38 heavy (non-hydrogen) atoms. The number of alkyl halides is 3. The number of carbonyl (C=O) groups is 3. The van der Waals surface area contributed by atoms with E-state index in [-0.39, 0.29) is 11.8 Å². The number of hydrogen-bond acceptors (Lipinski definition) is 6. The van der Waals surface area contributed by atoms with Gasteiger partial charge in [0.2, 0.25) is 0 Å². The van der Waals surface area contributed by atoms with Crippen LogP contribution in [0.25, 0.3) is 17.0 Å². The van der Waals surface area contributed by atoms with Gasteiger partial charge in [-0.3, -0.25) is 14.6 Å². The number of carboxylic acid groups (broad SMARTS) is 1. The van der Waals surface area contributed by atoms with Crippen LogP contribution in [-0.2, 0) is 9.59 Å². The largest absolute Gasteiger partial charge is 0.490 e. The summed E-state index contributed by atoms with van der Waals surface area (Å²) in [7, 11) is 3.40. The maximum atomic E-state index is 12.5. The molecule has 0 bridgehead atoms. The van der Waals surface area contributed by atoms with Gasteiger partial charge in [0.1, 0.15) is 0 Å². The number of amides is 2. The second kappa shape index (κ2) is 11.8. The van der Waals surface area contributed by atoms with Crippen LogP contribution in [0.2, 0.25) is 10.0 Å². The smallest absolute Gasteiger partial charge is 0.475 e. The maximum Gasteiger partial charge on any atom is 0.490 e. The highest BCUT2D eigenvalue weighted by atomic mass is 35.5. The Balaban J connectivity index is 0.000000505. The zero-order chi connectivity index (χ0) is 28.2. The normalized spacial score (nSPS) is 14.1. The molecule has 2 aromatic carbocycles. The van der Waals surface area contributed by atoms with Crippen LogP contribution in [0.3, 0.4) is 0 Å². The van der Waals surface area contributed by atoms with E-state index in [4.69, 9.17) is 33.1 Å². The number of aliphatic carboxylic acids is 1. The summed E-state index contributed by atoms with van der Waals surface area (Å²) in [5.41, 5.74) is 2.51. The van der Waals surface area contributed by atoms with Crippen molar-refractivity contribution in [2.75, 3.05) is 19.4 Å². The number of nitrogens with one attached hydrogen (secondary N) is 1. The predicted molar refractivity (Wildman–Crippen MR) is 142 cm³/mol. The van der Waals surface area contributed by atoms with Gasteiger partial charge in [-0.05, 0) is 53.7 Å². The number of rotatable bonds is 3. The van der Waals surface area contributed by atoms with Crippen LogP contribution in [-0.4, -0.2) is 58.2 Å². The van der Waals surface area contributed by atoms with Crippen molar-refractivity contribution in [3.05, 3.63) is 74.7 Å². The molecule has 1 aliphatic heterocycles. The molecule has 0 fully saturated rings. The monoisotopic (exact) mass is 584 g/mol. The van der Waals surface area contributed by atoms with Gasteiger partial charge in [-0.2, -0.15) is 18.2 Å².